The molecule has 0 saturated carbocycles. The van der Waals surface area contributed by atoms with Crippen LogP contribution in [0.1, 0.15) is 0 Å². The summed E-state index contributed by atoms with van der Waals surface area (Å²) in [4.78, 5) is 3.60. The van der Waals surface area contributed by atoms with Gasteiger partial charge >= 0.3 is 0 Å². The van der Waals surface area contributed by atoms with Gasteiger partial charge in [-0.05, 0) is 15.9 Å². The third kappa shape index (κ3) is 1.75. The fourth-order valence-corrected chi connectivity index (χ4v) is 2.32. The molecule has 10 heavy (non-hydrogen) atoms. The summed E-state index contributed by atoms with van der Waals surface area (Å²) in [6.45, 7) is 0. The van der Waals surface area contributed by atoms with Crippen molar-refractivity contribution in [3.05, 3.63) is 9.30 Å². The van der Waals surface area contributed by atoms with Crippen LogP contribution in [0.15, 0.2) is 14.3 Å². The summed E-state index contributed by atoms with van der Waals surface area (Å²) in [5, 5.41) is 6.05. The Morgan fingerprint density at radius 2 is 2.30 bits per heavy atom. The first-order valence-corrected chi connectivity index (χ1v) is 5.36. The largest absolute Gasteiger partial charge is 0.256 e. The molecule has 0 saturated heterocycles. The van der Waals surface area contributed by atoms with E-state index in [9.17, 15) is 8.42 Å². The minimum absolute atomic E-state index is 0.0932. The fourth-order valence-electron chi connectivity index (χ4n) is 0.369. The molecule has 0 spiro atoms. The van der Waals surface area contributed by atoms with Gasteiger partial charge in [-0.2, -0.15) is 0 Å². The molecular formula is C3H3BrN2O2S2. The molecule has 0 unspecified atom stereocenters. The molecule has 0 atom stereocenters. The van der Waals surface area contributed by atoms with Crippen molar-refractivity contribution in [3.63, 3.8) is 0 Å². The second kappa shape index (κ2) is 2.57. The number of halogens is 1. The van der Waals surface area contributed by atoms with Crippen LogP contribution in [-0.4, -0.2) is 13.4 Å². The summed E-state index contributed by atoms with van der Waals surface area (Å²) in [6, 6.07) is 0. The van der Waals surface area contributed by atoms with Crippen LogP contribution in [-0.2, 0) is 10.0 Å². The molecule has 1 rings (SSSR count). The van der Waals surface area contributed by atoms with Gasteiger partial charge < -0.3 is 0 Å². The quantitative estimate of drug-likeness (QED) is 0.782. The van der Waals surface area contributed by atoms with Crippen molar-refractivity contribution >= 4 is 37.3 Å². The van der Waals surface area contributed by atoms with E-state index in [4.69, 9.17) is 5.14 Å². The Labute approximate surface area is 70.3 Å². The van der Waals surface area contributed by atoms with Gasteiger partial charge in [-0.1, -0.05) is 0 Å². The summed E-state index contributed by atoms with van der Waals surface area (Å²) in [5.41, 5.74) is 0. The number of primary sulfonamides is 1. The predicted octanol–water partition coefficient (Wildman–Crippen LogP) is 0.553. The third-order valence-corrected chi connectivity index (χ3v) is 3.05. The highest BCUT2D eigenvalue weighted by molar-refractivity contribution is 9.11. The molecule has 2 N–H and O–H groups in total. The first-order valence-electron chi connectivity index (χ1n) is 2.14. The van der Waals surface area contributed by atoms with E-state index in [0.29, 0.717) is 3.92 Å². The first-order chi connectivity index (χ1) is 4.50. The molecule has 56 valence electrons. The van der Waals surface area contributed by atoms with E-state index in [-0.39, 0.29) is 5.03 Å². The summed E-state index contributed by atoms with van der Waals surface area (Å²) in [6.07, 6.45) is 0. The molecule has 0 aromatic carbocycles. The first kappa shape index (κ1) is 8.12. The van der Waals surface area contributed by atoms with Crippen LogP contribution < -0.4 is 5.14 Å². The molecule has 1 aromatic rings. The number of thiazole rings is 1. The molecule has 0 aliphatic carbocycles. The standard InChI is InChI=1S/C3H3BrN2O2S2/c4-3-6-2(1-9-3)10(5,7)8/h1H,(H2,5,7,8). The van der Waals surface area contributed by atoms with Crippen LogP contribution >= 0.6 is 27.3 Å². The molecule has 0 radical (unpaired) electrons. The number of nitrogens with two attached hydrogens (primary N) is 1. The molecule has 7 heteroatoms. The highest BCUT2D eigenvalue weighted by atomic mass is 79.9. The zero-order valence-electron chi connectivity index (χ0n) is 4.61. The van der Waals surface area contributed by atoms with Gasteiger partial charge in [0.05, 0.1) is 0 Å². The Bertz CT molecular complexity index is 330. The monoisotopic (exact) mass is 242 g/mol. The van der Waals surface area contributed by atoms with Crippen LogP contribution in [0.5, 0.6) is 0 Å². The normalized spacial score (nSPS) is 11.8. The van der Waals surface area contributed by atoms with E-state index < -0.39 is 10.0 Å². The molecular weight excluding hydrogens is 240 g/mol. The predicted molar refractivity (Wildman–Crippen MR) is 41.2 cm³/mol. The van der Waals surface area contributed by atoms with Gasteiger partial charge in [0.2, 0.25) is 0 Å². The molecule has 0 amide bonds. The number of aromatic nitrogens is 1. The van der Waals surface area contributed by atoms with Crippen molar-refractivity contribution in [2.45, 2.75) is 5.03 Å². The Morgan fingerprint density at radius 3 is 2.50 bits per heavy atom. The van der Waals surface area contributed by atoms with Gasteiger partial charge in [0.25, 0.3) is 10.0 Å². The van der Waals surface area contributed by atoms with E-state index in [2.05, 4.69) is 20.9 Å². The van der Waals surface area contributed by atoms with Crippen molar-refractivity contribution in [1.82, 2.24) is 4.98 Å². The van der Waals surface area contributed by atoms with Crippen LogP contribution in [0.4, 0.5) is 0 Å². The third-order valence-electron chi connectivity index (χ3n) is 0.747. The number of hydrogen-bond acceptors (Lipinski definition) is 4. The molecule has 1 aromatic heterocycles. The summed E-state index contributed by atoms with van der Waals surface area (Å²) in [5.74, 6) is 0. The van der Waals surface area contributed by atoms with E-state index in [0.717, 1.165) is 0 Å². The van der Waals surface area contributed by atoms with Crippen LogP contribution in [0.2, 0.25) is 0 Å². The number of rotatable bonds is 1. The van der Waals surface area contributed by atoms with Crippen LogP contribution in [0, 0.1) is 0 Å². The lowest BCUT2D eigenvalue weighted by atomic mass is 11.0. The zero-order chi connectivity index (χ0) is 7.78. The second-order valence-electron chi connectivity index (χ2n) is 1.48. The summed E-state index contributed by atoms with van der Waals surface area (Å²) < 4.78 is 21.6. The Hall–Kier alpha value is 0.0200. The number of sulfonamides is 1. The Balaban J connectivity index is 3.21. The highest BCUT2D eigenvalue weighted by Gasteiger charge is 2.10. The van der Waals surface area contributed by atoms with Crippen molar-refractivity contribution in [3.8, 4) is 0 Å². The lowest BCUT2D eigenvalue weighted by Crippen LogP contribution is -2.12. The lowest BCUT2D eigenvalue weighted by Gasteiger charge is -1.85. The Morgan fingerprint density at radius 1 is 1.70 bits per heavy atom. The van der Waals surface area contributed by atoms with Gasteiger partial charge in [-0.3, -0.25) is 0 Å². The molecule has 0 aliphatic rings. The van der Waals surface area contributed by atoms with Gasteiger partial charge in [-0.25, -0.2) is 18.5 Å². The summed E-state index contributed by atoms with van der Waals surface area (Å²) in [7, 11) is -3.61. The van der Waals surface area contributed by atoms with E-state index >= 15 is 0 Å². The fraction of sp³-hybridized carbons (Fsp3) is 0. The van der Waals surface area contributed by atoms with Gasteiger partial charge in [0.1, 0.15) is 0 Å². The van der Waals surface area contributed by atoms with E-state index in [1.807, 2.05) is 0 Å². The van der Waals surface area contributed by atoms with Crippen LogP contribution in [0.25, 0.3) is 0 Å². The van der Waals surface area contributed by atoms with Crippen molar-refractivity contribution in [2.75, 3.05) is 0 Å². The Kier molecular flexibility index (Phi) is 2.09. The molecule has 4 nitrogen and oxygen atoms in total. The second-order valence-corrected chi connectivity index (χ2v) is 5.13. The maximum absolute atomic E-state index is 10.5. The van der Waals surface area contributed by atoms with Gasteiger partial charge in [0, 0.05) is 5.38 Å². The number of nitrogens with zero attached hydrogens (tertiary/aromatic N) is 1. The van der Waals surface area contributed by atoms with E-state index in [1.165, 1.54) is 16.7 Å². The van der Waals surface area contributed by atoms with Crippen molar-refractivity contribution in [1.29, 1.82) is 0 Å². The van der Waals surface area contributed by atoms with Crippen molar-refractivity contribution < 1.29 is 8.42 Å². The maximum atomic E-state index is 10.5. The lowest BCUT2D eigenvalue weighted by molar-refractivity contribution is 0.594. The highest BCUT2D eigenvalue weighted by Crippen LogP contribution is 2.17. The van der Waals surface area contributed by atoms with Crippen LogP contribution in [0.3, 0.4) is 0 Å². The smallest absolute Gasteiger partial charge is 0.223 e. The minimum Gasteiger partial charge on any atom is -0.223 e. The van der Waals surface area contributed by atoms with Crippen molar-refractivity contribution in [2.24, 2.45) is 5.14 Å². The van der Waals surface area contributed by atoms with Gasteiger partial charge in [-0.15, -0.1) is 11.3 Å². The minimum atomic E-state index is -3.61. The number of hydrogen-bond donors (Lipinski definition) is 1. The summed E-state index contributed by atoms with van der Waals surface area (Å²) >= 11 is 4.19. The average Bonchev–Trinajstić information content (AvgIpc) is 2.11. The van der Waals surface area contributed by atoms with E-state index in [1.54, 1.807) is 0 Å². The maximum Gasteiger partial charge on any atom is 0.256 e. The molecule has 0 fully saturated rings. The van der Waals surface area contributed by atoms with Gasteiger partial charge in [0.15, 0.2) is 8.94 Å². The molecule has 0 bridgehead atoms. The SMILES string of the molecule is NS(=O)(=O)c1csc(Br)n1. The molecule has 0 aliphatic heterocycles. The molecule has 1 heterocycles. The zero-order valence-corrected chi connectivity index (χ0v) is 7.83. The average molecular weight is 243 g/mol. The topological polar surface area (TPSA) is 73.1 Å².